The first-order valence-electron chi connectivity index (χ1n) is 8.32. The van der Waals surface area contributed by atoms with Crippen molar-refractivity contribution in [1.29, 1.82) is 0 Å². The molecule has 0 heterocycles. The Balaban J connectivity index is 1.67. The number of hydrogen-bond donors (Lipinski definition) is 1. The molecule has 4 heteroatoms. The van der Waals surface area contributed by atoms with Crippen molar-refractivity contribution in [3.05, 3.63) is 71.3 Å². The molecule has 0 fully saturated rings. The smallest absolute Gasteiger partial charge is 0.222 e. The monoisotopic (exact) mass is 327 g/mol. The van der Waals surface area contributed by atoms with E-state index < -0.39 is 0 Å². The van der Waals surface area contributed by atoms with Crippen LogP contribution in [0.2, 0.25) is 0 Å². The molecule has 0 atom stereocenters. The standard InChI is InChI=1S/C20H25NO3/c1-2-23-13-12-20(22)21-14-17-8-10-19(11-9-17)16-24-15-18-6-4-3-5-7-18/h3-11H,2,12-16H2,1H3,(H,21,22). The second-order valence-corrected chi connectivity index (χ2v) is 5.52. The Morgan fingerprint density at radius 1 is 0.875 bits per heavy atom. The van der Waals surface area contributed by atoms with E-state index in [9.17, 15) is 4.79 Å². The zero-order chi connectivity index (χ0) is 17.0. The molecule has 128 valence electrons. The van der Waals surface area contributed by atoms with E-state index in [0.717, 1.165) is 11.1 Å². The van der Waals surface area contributed by atoms with E-state index in [1.165, 1.54) is 5.56 Å². The minimum absolute atomic E-state index is 0.0127. The lowest BCUT2D eigenvalue weighted by atomic mass is 10.1. The maximum atomic E-state index is 11.6. The van der Waals surface area contributed by atoms with E-state index in [4.69, 9.17) is 9.47 Å². The van der Waals surface area contributed by atoms with Crippen molar-refractivity contribution < 1.29 is 14.3 Å². The highest BCUT2D eigenvalue weighted by molar-refractivity contribution is 5.75. The summed E-state index contributed by atoms with van der Waals surface area (Å²) in [6.07, 6.45) is 0.402. The molecule has 24 heavy (non-hydrogen) atoms. The van der Waals surface area contributed by atoms with Crippen molar-refractivity contribution in [3.63, 3.8) is 0 Å². The van der Waals surface area contributed by atoms with Crippen LogP contribution >= 0.6 is 0 Å². The number of carbonyl (C=O) groups excluding carboxylic acids is 1. The summed E-state index contributed by atoms with van der Waals surface area (Å²) in [5.41, 5.74) is 3.37. The summed E-state index contributed by atoms with van der Waals surface area (Å²) in [5, 5.41) is 2.89. The van der Waals surface area contributed by atoms with Crippen LogP contribution in [0.25, 0.3) is 0 Å². The van der Waals surface area contributed by atoms with Gasteiger partial charge < -0.3 is 14.8 Å². The van der Waals surface area contributed by atoms with Gasteiger partial charge in [-0.05, 0) is 23.6 Å². The van der Waals surface area contributed by atoms with Gasteiger partial charge in [-0.25, -0.2) is 0 Å². The minimum Gasteiger partial charge on any atom is -0.381 e. The molecule has 0 unspecified atom stereocenters. The van der Waals surface area contributed by atoms with Crippen molar-refractivity contribution in [3.8, 4) is 0 Å². The molecule has 0 aliphatic heterocycles. The fourth-order valence-electron chi connectivity index (χ4n) is 2.21. The van der Waals surface area contributed by atoms with Crippen molar-refractivity contribution in [2.24, 2.45) is 0 Å². The summed E-state index contributed by atoms with van der Waals surface area (Å²) in [7, 11) is 0. The average Bonchev–Trinajstić information content (AvgIpc) is 2.62. The van der Waals surface area contributed by atoms with E-state index >= 15 is 0 Å². The molecule has 2 rings (SSSR count). The quantitative estimate of drug-likeness (QED) is 0.680. The Hall–Kier alpha value is -2.17. The first kappa shape index (κ1) is 18.2. The normalized spacial score (nSPS) is 10.5. The number of benzene rings is 2. The zero-order valence-corrected chi connectivity index (χ0v) is 14.2. The van der Waals surface area contributed by atoms with Crippen LogP contribution < -0.4 is 5.32 Å². The van der Waals surface area contributed by atoms with E-state index in [1.54, 1.807) is 0 Å². The van der Waals surface area contributed by atoms with Crippen LogP contribution in [-0.2, 0) is 34.0 Å². The molecule has 1 amide bonds. The lowest BCUT2D eigenvalue weighted by molar-refractivity contribution is -0.122. The van der Waals surface area contributed by atoms with Gasteiger partial charge in [0.15, 0.2) is 0 Å². The lowest BCUT2D eigenvalue weighted by Gasteiger charge is -2.08. The maximum Gasteiger partial charge on any atom is 0.222 e. The lowest BCUT2D eigenvalue weighted by Crippen LogP contribution is -2.23. The van der Waals surface area contributed by atoms with Gasteiger partial charge >= 0.3 is 0 Å². The summed E-state index contributed by atoms with van der Waals surface area (Å²) >= 11 is 0. The Morgan fingerprint density at radius 2 is 1.50 bits per heavy atom. The number of nitrogens with one attached hydrogen (secondary N) is 1. The Bertz CT molecular complexity index is 596. The van der Waals surface area contributed by atoms with E-state index in [-0.39, 0.29) is 5.91 Å². The van der Waals surface area contributed by atoms with Gasteiger partial charge in [-0.2, -0.15) is 0 Å². The van der Waals surface area contributed by atoms with Crippen molar-refractivity contribution in [1.82, 2.24) is 5.32 Å². The first-order chi connectivity index (χ1) is 11.8. The second-order valence-electron chi connectivity index (χ2n) is 5.52. The van der Waals surface area contributed by atoms with Crippen molar-refractivity contribution >= 4 is 5.91 Å². The van der Waals surface area contributed by atoms with Crippen LogP contribution in [0.15, 0.2) is 54.6 Å². The third kappa shape index (κ3) is 6.94. The van der Waals surface area contributed by atoms with Gasteiger partial charge in [0.25, 0.3) is 0 Å². The molecule has 4 nitrogen and oxygen atoms in total. The molecular formula is C20H25NO3. The maximum absolute atomic E-state index is 11.6. The third-order valence-electron chi connectivity index (χ3n) is 3.57. The molecule has 0 aliphatic carbocycles. The van der Waals surface area contributed by atoms with Gasteiger partial charge in [-0.1, -0.05) is 54.6 Å². The van der Waals surface area contributed by atoms with Crippen LogP contribution in [0.3, 0.4) is 0 Å². The molecule has 0 saturated carbocycles. The number of hydrogen-bond acceptors (Lipinski definition) is 3. The van der Waals surface area contributed by atoms with E-state index in [1.807, 2.05) is 49.4 Å². The molecule has 1 N–H and O–H groups in total. The number of ether oxygens (including phenoxy) is 2. The molecule has 0 aromatic heterocycles. The number of carbonyl (C=O) groups is 1. The van der Waals surface area contributed by atoms with Gasteiger partial charge in [0, 0.05) is 19.6 Å². The summed E-state index contributed by atoms with van der Waals surface area (Å²) in [4.78, 5) is 11.6. The largest absolute Gasteiger partial charge is 0.381 e. The summed E-state index contributed by atoms with van der Waals surface area (Å²) < 4.78 is 10.9. The fourth-order valence-corrected chi connectivity index (χ4v) is 2.21. The average molecular weight is 327 g/mol. The highest BCUT2D eigenvalue weighted by atomic mass is 16.5. The van der Waals surface area contributed by atoms with Crippen molar-refractivity contribution in [2.45, 2.75) is 33.1 Å². The summed E-state index contributed by atoms with van der Waals surface area (Å²) in [6, 6.07) is 18.2. The number of rotatable bonds is 10. The summed E-state index contributed by atoms with van der Waals surface area (Å²) in [6.45, 7) is 4.76. The molecule has 2 aromatic carbocycles. The molecular weight excluding hydrogens is 302 g/mol. The molecule has 0 radical (unpaired) electrons. The predicted molar refractivity (Wildman–Crippen MR) is 94.3 cm³/mol. The SMILES string of the molecule is CCOCCC(=O)NCc1ccc(COCc2ccccc2)cc1. The van der Waals surface area contributed by atoms with Crippen LogP contribution in [-0.4, -0.2) is 19.1 Å². The highest BCUT2D eigenvalue weighted by Crippen LogP contribution is 2.08. The second kappa shape index (κ2) is 10.6. The fraction of sp³-hybridized carbons (Fsp3) is 0.350. The van der Waals surface area contributed by atoms with Crippen LogP contribution in [0.1, 0.15) is 30.0 Å². The molecule has 0 spiro atoms. The van der Waals surface area contributed by atoms with Crippen LogP contribution in [0.5, 0.6) is 0 Å². The van der Waals surface area contributed by atoms with Gasteiger partial charge in [0.2, 0.25) is 5.91 Å². The van der Waals surface area contributed by atoms with Crippen LogP contribution in [0, 0.1) is 0 Å². The molecule has 2 aromatic rings. The Kier molecular flexibility index (Phi) is 8.01. The van der Waals surface area contributed by atoms with Crippen molar-refractivity contribution in [2.75, 3.05) is 13.2 Å². The molecule has 0 bridgehead atoms. The van der Waals surface area contributed by atoms with Gasteiger partial charge in [-0.15, -0.1) is 0 Å². The minimum atomic E-state index is 0.0127. The van der Waals surface area contributed by atoms with E-state index in [2.05, 4.69) is 17.4 Å². The first-order valence-corrected chi connectivity index (χ1v) is 8.32. The van der Waals surface area contributed by atoms with Gasteiger partial charge in [-0.3, -0.25) is 4.79 Å². The highest BCUT2D eigenvalue weighted by Gasteiger charge is 2.01. The third-order valence-corrected chi connectivity index (χ3v) is 3.57. The van der Waals surface area contributed by atoms with Gasteiger partial charge in [0.1, 0.15) is 0 Å². The predicted octanol–water partition coefficient (Wildman–Crippen LogP) is 3.45. The van der Waals surface area contributed by atoms with Gasteiger partial charge in [0.05, 0.1) is 19.8 Å². The van der Waals surface area contributed by atoms with Crippen LogP contribution in [0.4, 0.5) is 0 Å². The topological polar surface area (TPSA) is 47.6 Å². The molecule has 0 aliphatic rings. The Labute approximate surface area is 143 Å². The zero-order valence-electron chi connectivity index (χ0n) is 14.2. The summed E-state index contributed by atoms with van der Waals surface area (Å²) in [5.74, 6) is 0.0127. The number of amides is 1. The molecule has 0 saturated heterocycles. The Morgan fingerprint density at radius 3 is 2.17 bits per heavy atom. The van der Waals surface area contributed by atoms with E-state index in [0.29, 0.717) is 39.4 Å².